The third-order valence-electron chi connectivity index (χ3n) is 2.67. The monoisotopic (exact) mass is 246 g/mol. The first-order valence-corrected chi connectivity index (χ1v) is 5.76. The van der Waals surface area contributed by atoms with Crippen molar-refractivity contribution in [3.05, 3.63) is 35.9 Å². The van der Waals surface area contributed by atoms with Gasteiger partial charge in [-0.1, -0.05) is 31.2 Å². The zero-order valence-electron chi connectivity index (χ0n) is 10.0. The molecule has 0 heterocycles. The van der Waals surface area contributed by atoms with Gasteiger partial charge in [0.2, 0.25) is 0 Å². The molecule has 2 aromatic carbocycles. The number of aromatic hydroxyl groups is 1. The number of carboxylic acid groups (broad SMARTS) is 1. The molecular weight excluding hydrogens is 232 g/mol. The summed E-state index contributed by atoms with van der Waals surface area (Å²) in [6.45, 7) is 2.48. The Morgan fingerprint density at radius 1 is 1.28 bits per heavy atom. The van der Waals surface area contributed by atoms with Gasteiger partial charge < -0.3 is 14.9 Å². The highest BCUT2D eigenvalue weighted by Gasteiger charge is 2.16. The van der Waals surface area contributed by atoms with Crippen LogP contribution < -0.4 is 4.74 Å². The van der Waals surface area contributed by atoms with E-state index < -0.39 is 5.97 Å². The molecule has 18 heavy (non-hydrogen) atoms. The average molecular weight is 246 g/mol. The number of carboxylic acids is 1. The Labute approximate surface area is 104 Å². The van der Waals surface area contributed by atoms with Gasteiger partial charge in [0, 0.05) is 10.8 Å². The van der Waals surface area contributed by atoms with E-state index in [1.165, 1.54) is 6.07 Å². The Morgan fingerprint density at radius 3 is 2.56 bits per heavy atom. The zero-order chi connectivity index (χ0) is 13.1. The van der Waals surface area contributed by atoms with Crippen molar-refractivity contribution in [2.75, 3.05) is 6.61 Å². The molecule has 0 aliphatic heterocycles. The first kappa shape index (κ1) is 12.2. The van der Waals surface area contributed by atoms with Gasteiger partial charge in [-0.05, 0) is 12.5 Å². The van der Waals surface area contributed by atoms with Crippen LogP contribution in [0.3, 0.4) is 0 Å². The summed E-state index contributed by atoms with van der Waals surface area (Å²) in [4.78, 5) is 11.1. The van der Waals surface area contributed by atoms with Crippen molar-refractivity contribution in [3.8, 4) is 11.5 Å². The van der Waals surface area contributed by atoms with E-state index in [1.54, 1.807) is 18.2 Å². The van der Waals surface area contributed by atoms with Gasteiger partial charge in [0.05, 0.1) is 6.61 Å². The van der Waals surface area contributed by atoms with Crippen LogP contribution in [0.25, 0.3) is 10.8 Å². The molecule has 2 N–H and O–H groups in total. The summed E-state index contributed by atoms with van der Waals surface area (Å²) in [5.41, 5.74) is -0.139. The molecule has 0 atom stereocenters. The van der Waals surface area contributed by atoms with E-state index in [9.17, 15) is 9.90 Å². The molecule has 0 unspecified atom stereocenters. The zero-order valence-corrected chi connectivity index (χ0v) is 10.0. The van der Waals surface area contributed by atoms with Crippen molar-refractivity contribution in [2.24, 2.45) is 0 Å². The van der Waals surface area contributed by atoms with Gasteiger partial charge in [0.25, 0.3) is 0 Å². The quantitative estimate of drug-likeness (QED) is 0.870. The molecule has 0 saturated heterocycles. The minimum atomic E-state index is -1.17. The Kier molecular flexibility index (Phi) is 3.37. The smallest absolute Gasteiger partial charge is 0.339 e. The highest BCUT2D eigenvalue weighted by atomic mass is 16.5. The van der Waals surface area contributed by atoms with Crippen LogP contribution >= 0.6 is 0 Å². The number of hydrogen-bond donors (Lipinski definition) is 2. The van der Waals surface area contributed by atoms with Crippen LogP contribution in [0, 0.1) is 0 Å². The Bertz CT molecular complexity index is 590. The van der Waals surface area contributed by atoms with Crippen LogP contribution in [0.1, 0.15) is 23.7 Å². The lowest BCUT2D eigenvalue weighted by Gasteiger charge is -2.11. The van der Waals surface area contributed by atoms with E-state index in [0.29, 0.717) is 23.1 Å². The maximum atomic E-state index is 11.1. The first-order chi connectivity index (χ1) is 8.65. The van der Waals surface area contributed by atoms with Gasteiger partial charge in [0.15, 0.2) is 0 Å². The lowest BCUT2D eigenvalue weighted by atomic mass is 10.0. The number of aromatic carboxylic acids is 1. The second-order valence-corrected chi connectivity index (χ2v) is 3.97. The molecule has 0 aromatic heterocycles. The maximum Gasteiger partial charge on any atom is 0.339 e. The number of hydrogen-bond acceptors (Lipinski definition) is 3. The van der Waals surface area contributed by atoms with Crippen LogP contribution in [-0.4, -0.2) is 22.8 Å². The van der Waals surface area contributed by atoms with E-state index in [4.69, 9.17) is 9.84 Å². The fourth-order valence-electron chi connectivity index (χ4n) is 1.82. The largest absolute Gasteiger partial charge is 0.506 e. The van der Waals surface area contributed by atoms with Crippen molar-refractivity contribution in [2.45, 2.75) is 13.3 Å². The van der Waals surface area contributed by atoms with E-state index >= 15 is 0 Å². The van der Waals surface area contributed by atoms with Crippen LogP contribution in [0.4, 0.5) is 0 Å². The lowest BCUT2D eigenvalue weighted by molar-refractivity contribution is 0.0693. The summed E-state index contributed by atoms with van der Waals surface area (Å²) in [5, 5.41) is 20.2. The molecule has 2 rings (SSSR count). The summed E-state index contributed by atoms with van der Waals surface area (Å²) < 4.78 is 5.54. The number of ether oxygens (including phenoxy) is 1. The van der Waals surface area contributed by atoms with Crippen LogP contribution in [0.5, 0.6) is 11.5 Å². The minimum absolute atomic E-state index is 0.139. The SMILES string of the molecule is CCCOc1cc(C(=O)O)c(O)c2ccccc12. The highest BCUT2D eigenvalue weighted by Crippen LogP contribution is 2.35. The van der Waals surface area contributed by atoms with Crippen molar-refractivity contribution in [1.29, 1.82) is 0 Å². The number of fused-ring (bicyclic) bond motifs is 1. The normalized spacial score (nSPS) is 10.5. The van der Waals surface area contributed by atoms with Gasteiger partial charge in [-0.25, -0.2) is 4.79 Å². The van der Waals surface area contributed by atoms with Crippen LogP contribution in [0.2, 0.25) is 0 Å². The molecule has 0 fully saturated rings. The molecule has 2 aromatic rings. The molecule has 0 saturated carbocycles. The van der Waals surface area contributed by atoms with E-state index in [2.05, 4.69) is 0 Å². The molecule has 0 radical (unpaired) electrons. The summed E-state index contributed by atoms with van der Waals surface area (Å²) in [7, 11) is 0. The molecule has 0 amide bonds. The van der Waals surface area contributed by atoms with Crippen LogP contribution in [0.15, 0.2) is 30.3 Å². The summed E-state index contributed by atoms with van der Waals surface area (Å²) in [5.74, 6) is -0.899. The second-order valence-electron chi connectivity index (χ2n) is 3.97. The number of benzene rings is 2. The van der Waals surface area contributed by atoms with Gasteiger partial charge in [-0.15, -0.1) is 0 Å². The Hall–Kier alpha value is -2.23. The van der Waals surface area contributed by atoms with Gasteiger partial charge in [0.1, 0.15) is 17.1 Å². The van der Waals surface area contributed by atoms with Crippen molar-refractivity contribution < 1.29 is 19.7 Å². The summed E-state index contributed by atoms with van der Waals surface area (Å²) in [6, 6.07) is 8.41. The Balaban J connectivity index is 2.67. The standard InChI is InChI=1S/C14H14O4/c1-2-7-18-12-8-11(14(16)17)13(15)10-6-4-3-5-9(10)12/h3-6,8,15H,2,7H2,1H3,(H,16,17). The molecule has 4 nitrogen and oxygen atoms in total. The third kappa shape index (κ3) is 2.09. The molecular formula is C14H14O4. The fraction of sp³-hybridized carbons (Fsp3) is 0.214. The first-order valence-electron chi connectivity index (χ1n) is 5.76. The topological polar surface area (TPSA) is 66.8 Å². The third-order valence-corrected chi connectivity index (χ3v) is 2.67. The Morgan fingerprint density at radius 2 is 1.94 bits per heavy atom. The molecule has 0 aliphatic rings. The summed E-state index contributed by atoms with van der Waals surface area (Å²) >= 11 is 0. The van der Waals surface area contributed by atoms with E-state index in [-0.39, 0.29) is 11.3 Å². The molecule has 4 heteroatoms. The highest BCUT2D eigenvalue weighted by molar-refractivity contribution is 6.03. The van der Waals surface area contributed by atoms with E-state index in [0.717, 1.165) is 6.42 Å². The van der Waals surface area contributed by atoms with E-state index in [1.807, 2.05) is 13.0 Å². The van der Waals surface area contributed by atoms with Crippen molar-refractivity contribution in [3.63, 3.8) is 0 Å². The predicted octanol–water partition coefficient (Wildman–Crippen LogP) is 3.03. The molecule has 94 valence electrons. The number of carbonyl (C=O) groups is 1. The van der Waals surface area contributed by atoms with Gasteiger partial charge in [-0.3, -0.25) is 0 Å². The predicted molar refractivity (Wildman–Crippen MR) is 68.4 cm³/mol. The fourth-order valence-corrected chi connectivity index (χ4v) is 1.82. The second kappa shape index (κ2) is 4.96. The molecule has 0 aliphatic carbocycles. The minimum Gasteiger partial charge on any atom is -0.506 e. The van der Waals surface area contributed by atoms with Gasteiger partial charge >= 0.3 is 5.97 Å². The van der Waals surface area contributed by atoms with Crippen LogP contribution in [-0.2, 0) is 0 Å². The summed E-state index contributed by atoms with van der Waals surface area (Å²) in [6.07, 6.45) is 0.831. The molecule has 0 bridgehead atoms. The molecule has 0 spiro atoms. The average Bonchev–Trinajstić information content (AvgIpc) is 2.38. The number of rotatable bonds is 4. The number of phenols is 1. The van der Waals surface area contributed by atoms with Crippen molar-refractivity contribution in [1.82, 2.24) is 0 Å². The maximum absolute atomic E-state index is 11.1. The van der Waals surface area contributed by atoms with Gasteiger partial charge in [-0.2, -0.15) is 0 Å². The lowest BCUT2D eigenvalue weighted by Crippen LogP contribution is -2.01. The van der Waals surface area contributed by atoms with Crippen molar-refractivity contribution >= 4 is 16.7 Å².